The number of hydrazone groups is 1. The molecule has 0 aromatic heterocycles. The van der Waals surface area contributed by atoms with Crippen LogP contribution in [0.15, 0.2) is 42.0 Å². The third-order valence-corrected chi connectivity index (χ3v) is 2.58. The second kappa shape index (κ2) is 6.00. The quantitative estimate of drug-likeness (QED) is 0.473. The highest BCUT2D eigenvalue weighted by Gasteiger charge is 2.29. The first-order valence-electron chi connectivity index (χ1n) is 5.96. The standard InChI is InChI=1S/C14H16N2O2/c1-2-9-18-13-7-3-11(4-8-13)10-15-16-14(17)12-5-6-12/h2-4,7-8,10,12H,1,5-6,9H2,(H,16,17). The van der Waals surface area contributed by atoms with Crippen LogP contribution in [-0.4, -0.2) is 18.7 Å². The van der Waals surface area contributed by atoms with Gasteiger partial charge in [0.25, 0.3) is 0 Å². The molecule has 1 saturated carbocycles. The minimum absolute atomic E-state index is 0.0113. The van der Waals surface area contributed by atoms with Crippen molar-refractivity contribution in [2.45, 2.75) is 12.8 Å². The molecule has 1 fully saturated rings. The third kappa shape index (κ3) is 3.73. The minimum atomic E-state index is 0.0113. The van der Waals surface area contributed by atoms with Crippen LogP contribution in [0.1, 0.15) is 18.4 Å². The van der Waals surface area contributed by atoms with E-state index in [9.17, 15) is 4.79 Å². The molecule has 0 unspecified atom stereocenters. The number of carbonyl (C=O) groups excluding carboxylic acids is 1. The van der Waals surface area contributed by atoms with Crippen molar-refractivity contribution >= 4 is 12.1 Å². The van der Waals surface area contributed by atoms with Crippen LogP contribution < -0.4 is 10.2 Å². The van der Waals surface area contributed by atoms with Gasteiger partial charge in [0.2, 0.25) is 5.91 Å². The van der Waals surface area contributed by atoms with Gasteiger partial charge in [-0.05, 0) is 42.7 Å². The molecule has 0 heterocycles. The summed E-state index contributed by atoms with van der Waals surface area (Å²) >= 11 is 0. The number of nitrogens with one attached hydrogen (secondary N) is 1. The van der Waals surface area contributed by atoms with E-state index in [-0.39, 0.29) is 11.8 Å². The van der Waals surface area contributed by atoms with Gasteiger partial charge in [-0.25, -0.2) is 5.43 Å². The number of benzene rings is 1. The maximum atomic E-state index is 11.3. The average Bonchev–Trinajstić information content (AvgIpc) is 3.22. The van der Waals surface area contributed by atoms with Crippen LogP contribution >= 0.6 is 0 Å². The van der Waals surface area contributed by atoms with E-state index in [4.69, 9.17) is 4.74 Å². The second-order valence-electron chi connectivity index (χ2n) is 4.18. The Morgan fingerprint density at radius 3 is 2.78 bits per heavy atom. The summed E-state index contributed by atoms with van der Waals surface area (Å²) in [6.07, 6.45) is 5.29. The molecule has 94 valence electrons. The SMILES string of the molecule is C=CCOc1ccc(C=NNC(=O)C2CC2)cc1. The van der Waals surface area contributed by atoms with Crippen molar-refractivity contribution in [3.8, 4) is 5.75 Å². The molecule has 0 bridgehead atoms. The predicted molar refractivity (Wildman–Crippen MR) is 70.6 cm³/mol. The van der Waals surface area contributed by atoms with Crippen LogP contribution in [-0.2, 0) is 4.79 Å². The Hall–Kier alpha value is -2.10. The van der Waals surface area contributed by atoms with Crippen molar-refractivity contribution in [2.24, 2.45) is 11.0 Å². The summed E-state index contributed by atoms with van der Waals surface area (Å²) in [5, 5.41) is 3.91. The lowest BCUT2D eigenvalue weighted by molar-refractivity contribution is -0.122. The van der Waals surface area contributed by atoms with Crippen molar-refractivity contribution < 1.29 is 9.53 Å². The second-order valence-corrected chi connectivity index (χ2v) is 4.18. The van der Waals surface area contributed by atoms with E-state index in [2.05, 4.69) is 17.1 Å². The molecule has 0 aliphatic heterocycles. The number of rotatable bonds is 6. The fraction of sp³-hybridized carbons (Fsp3) is 0.286. The Labute approximate surface area is 106 Å². The smallest absolute Gasteiger partial charge is 0.243 e. The van der Waals surface area contributed by atoms with Gasteiger partial charge >= 0.3 is 0 Å². The van der Waals surface area contributed by atoms with Gasteiger partial charge in [0, 0.05) is 5.92 Å². The molecule has 1 aromatic rings. The van der Waals surface area contributed by atoms with Crippen molar-refractivity contribution in [2.75, 3.05) is 6.61 Å². The summed E-state index contributed by atoms with van der Waals surface area (Å²) in [5.74, 6) is 0.975. The van der Waals surface area contributed by atoms with Crippen molar-refractivity contribution in [3.63, 3.8) is 0 Å². The molecule has 1 amide bonds. The molecule has 1 aliphatic carbocycles. The van der Waals surface area contributed by atoms with Gasteiger partial charge in [0.05, 0.1) is 6.21 Å². The summed E-state index contributed by atoms with van der Waals surface area (Å²) in [4.78, 5) is 11.3. The van der Waals surface area contributed by atoms with Crippen LogP contribution in [0.2, 0.25) is 0 Å². The first kappa shape index (κ1) is 12.4. The highest BCUT2D eigenvalue weighted by atomic mass is 16.5. The van der Waals surface area contributed by atoms with Crippen molar-refractivity contribution in [3.05, 3.63) is 42.5 Å². The van der Waals surface area contributed by atoms with Gasteiger partial charge in [-0.2, -0.15) is 5.10 Å². The first-order chi connectivity index (χ1) is 8.79. The number of ether oxygens (including phenoxy) is 1. The van der Waals surface area contributed by atoms with E-state index >= 15 is 0 Å². The molecule has 1 aliphatic rings. The molecule has 1 N–H and O–H groups in total. The highest BCUT2D eigenvalue weighted by molar-refractivity contribution is 5.84. The monoisotopic (exact) mass is 244 g/mol. The lowest BCUT2D eigenvalue weighted by Crippen LogP contribution is -2.18. The molecular weight excluding hydrogens is 228 g/mol. The molecule has 0 atom stereocenters. The summed E-state index contributed by atoms with van der Waals surface area (Å²) < 4.78 is 5.36. The summed E-state index contributed by atoms with van der Waals surface area (Å²) in [6, 6.07) is 7.47. The molecule has 0 spiro atoms. The topological polar surface area (TPSA) is 50.7 Å². The average molecular weight is 244 g/mol. The van der Waals surface area contributed by atoms with Crippen molar-refractivity contribution in [1.82, 2.24) is 5.43 Å². The highest BCUT2D eigenvalue weighted by Crippen LogP contribution is 2.28. The first-order valence-corrected chi connectivity index (χ1v) is 5.96. The van der Waals surface area contributed by atoms with E-state index in [0.29, 0.717) is 6.61 Å². The van der Waals surface area contributed by atoms with Crippen LogP contribution in [0.4, 0.5) is 0 Å². The lowest BCUT2D eigenvalue weighted by Gasteiger charge is -2.02. The van der Waals surface area contributed by atoms with Gasteiger partial charge in [-0.15, -0.1) is 0 Å². The Balaban J connectivity index is 1.83. The summed E-state index contributed by atoms with van der Waals surface area (Å²) in [6.45, 7) is 4.07. The zero-order valence-corrected chi connectivity index (χ0v) is 10.1. The molecule has 4 nitrogen and oxygen atoms in total. The Kier molecular flexibility index (Phi) is 4.12. The van der Waals surface area contributed by atoms with Crippen LogP contribution in [0.5, 0.6) is 5.75 Å². The van der Waals surface area contributed by atoms with Gasteiger partial charge < -0.3 is 4.74 Å². The number of nitrogens with zero attached hydrogens (tertiary/aromatic N) is 1. The Morgan fingerprint density at radius 1 is 1.44 bits per heavy atom. The molecule has 2 rings (SSSR count). The minimum Gasteiger partial charge on any atom is -0.490 e. The summed E-state index contributed by atoms with van der Waals surface area (Å²) in [5.41, 5.74) is 3.44. The van der Waals surface area contributed by atoms with Crippen LogP contribution in [0.3, 0.4) is 0 Å². The molecule has 0 saturated heterocycles. The van der Waals surface area contributed by atoms with Gasteiger partial charge in [-0.1, -0.05) is 12.7 Å². The summed E-state index contributed by atoms with van der Waals surface area (Å²) in [7, 11) is 0. The predicted octanol–water partition coefficient (Wildman–Crippen LogP) is 2.11. The zero-order valence-electron chi connectivity index (χ0n) is 10.1. The zero-order chi connectivity index (χ0) is 12.8. The number of amides is 1. The Morgan fingerprint density at radius 2 is 2.17 bits per heavy atom. The molecule has 4 heteroatoms. The van der Waals surface area contributed by atoms with E-state index in [1.165, 1.54) is 0 Å². The third-order valence-electron chi connectivity index (χ3n) is 2.58. The maximum Gasteiger partial charge on any atom is 0.243 e. The van der Waals surface area contributed by atoms with E-state index in [1.54, 1.807) is 12.3 Å². The van der Waals surface area contributed by atoms with Crippen LogP contribution in [0.25, 0.3) is 0 Å². The largest absolute Gasteiger partial charge is 0.490 e. The number of hydrogen-bond donors (Lipinski definition) is 1. The van der Waals surface area contributed by atoms with Crippen molar-refractivity contribution in [1.29, 1.82) is 0 Å². The fourth-order valence-electron chi connectivity index (χ4n) is 1.41. The Bertz CT molecular complexity index is 447. The van der Waals surface area contributed by atoms with E-state index in [0.717, 1.165) is 24.2 Å². The number of hydrogen-bond acceptors (Lipinski definition) is 3. The van der Waals surface area contributed by atoms with Crippen LogP contribution in [0, 0.1) is 5.92 Å². The molecule has 1 aromatic carbocycles. The normalized spacial score (nSPS) is 14.4. The molecule has 0 radical (unpaired) electrons. The lowest BCUT2D eigenvalue weighted by atomic mass is 10.2. The fourth-order valence-corrected chi connectivity index (χ4v) is 1.41. The van der Waals surface area contributed by atoms with Gasteiger partial charge in [0.1, 0.15) is 12.4 Å². The molecular formula is C14H16N2O2. The van der Waals surface area contributed by atoms with E-state index in [1.807, 2.05) is 24.3 Å². The van der Waals surface area contributed by atoms with Gasteiger partial charge in [0.15, 0.2) is 0 Å². The number of carbonyl (C=O) groups is 1. The molecule has 18 heavy (non-hydrogen) atoms. The van der Waals surface area contributed by atoms with E-state index < -0.39 is 0 Å². The maximum absolute atomic E-state index is 11.3. The van der Waals surface area contributed by atoms with Gasteiger partial charge in [-0.3, -0.25) is 4.79 Å².